The summed E-state index contributed by atoms with van der Waals surface area (Å²) in [6.45, 7) is 1.69. The summed E-state index contributed by atoms with van der Waals surface area (Å²) in [6.07, 6.45) is 0.891. The molecule has 0 aromatic heterocycles. The van der Waals surface area contributed by atoms with Crippen molar-refractivity contribution in [3.63, 3.8) is 0 Å². The summed E-state index contributed by atoms with van der Waals surface area (Å²) in [4.78, 5) is 24.5. The van der Waals surface area contributed by atoms with Crippen LogP contribution in [0.4, 0.5) is 0 Å². The van der Waals surface area contributed by atoms with Gasteiger partial charge in [0, 0.05) is 5.56 Å². The van der Waals surface area contributed by atoms with Crippen molar-refractivity contribution in [2.24, 2.45) is 0 Å². The third kappa shape index (κ3) is 3.04. The first kappa shape index (κ1) is 16.3. The highest BCUT2D eigenvalue weighted by Crippen LogP contribution is 2.36. The molecule has 0 unspecified atom stereocenters. The van der Waals surface area contributed by atoms with Crippen LogP contribution in [0.15, 0.2) is 66.7 Å². The van der Waals surface area contributed by atoms with E-state index in [0.29, 0.717) is 11.1 Å². The van der Waals surface area contributed by atoms with Crippen LogP contribution in [0.5, 0.6) is 0 Å². The van der Waals surface area contributed by atoms with Crippen LogP contribution in [0.3, 0.4) is 0 Å². The molecule has 0 heterocycles. The van der Waals surface area contributed by atoms with Gasteiger partial charge in [-0.05, 0) is 53.8 Å². The summed E-state index contributed by atoms with van der Waals surface area (Å²) in [6, 6.07) is 21.0. The third-order valence-corrected chi connectivity index (χ3v) is 4.74. The minimum Gasteiger partial charge on any atom is -0.454 e. The van der Waals surface area contributed by atoms with Crippen LogP contribution >= 0.6 is 0 Å². The fourth-order valence-corrected chi connectivity index (χ4v) is 3.28. The second kappa shape index (κ2) is 6.60. The second-order valence-electron chi connectivity index (χ2n) is 6.57. The van der Waals surface area contributed by atoms with Gasteiger partial charge in [-0.1, -0.05) is 54.1 Å². The molecule has 0 fully saturated rings. The van der Waals surface area contributed by atoms with Gasteiger partial charge in [-0.3, -0.25) is 4.79 Å². The van der Waals surface area contributed by atoms with E-state index in [1.165, 1.54) is 16.7 Å². The van der Waals surface area contributed by atoms with Crippen LogP contribution in [0.1, 0.15) is 37.4 Å². The van der Waals surface area contributed by atoms with Crippen molar-refractivity contribution in [3.05, 3.63) is 94.5 Å². The number of esters is 1. The van der Waals surface area contributed by atoms with Crippen LogP contribution < -0.4 is 0 Å². The molecule has 0 saturated carbocycles. The highest BCUT2D eigenvalue weighted by Gasteiger charge is 2.20. The van der Waals surface area contributed by atoms with E-state index in [0.717, 1.165) is 17.5 Å². The number of carbonyl (C=O) groups is 2. The number of fused-ring (bicyclic) bond motifs is 3. The molecule has 0 aliphatic heterocycles. The maximum Gasteiger partial charge on any atom is 0.338 e. The average molecular weight is 342 g/mol. The van der Waals surface area contributed by atoms with Crippen LogP contribution in [0, 0.1) is 6.92 Å². The van der Waals surface area contributed by atoms with Gasteiger partial charge in [-0.15, -0.1) is 0 Å². The molecule has 26 heavy (non-hydrogen) atoms. The fraction of sp³-hybridized carbons (Fsp3) is 0.130. The molecule has 1 aliphatic carbocycles. The number of Topliss-reactive ketones (excluding diaryl/α,β-unsaturated/α-hetero) is 1. The highest BCUT2D eigenvalue weighted by atomic mass is 16.5. The predicted octanol–water partition coefficient (Wildman–Crippen LogP) is 4.61. The molecule has 3 heteroatoms. The monoisotopic (exact) mass is 342 g/mol. The maximum absolute atomic E-state index is 12.5. The molecular weight excluding hydrogens is 324 g/mol. The predicted molar refractivity (Wildman–Crippen MR) is 100 cm³/mol. The Morgan fingerprint density at radius 2 is 1.54 bits per heavy atom. The average Bonchev–Trinajstić information content (AvgIpc) is 3.04. The van der Waals surface area contributed by atoms with Gasteiger partial charge in [-0.2, -0.15) is 0 Å². The number of hydrogen-bond donors (Lipinski definition) is 0. The van der Waals surface area contributed by atoms with E-state index in [-0.39, 0.29) is 12.4 Å². The van der Waals surface area contributed by atoms with Crippen molar-refractivity contribution in [2.75, 3.05) is 6.61 Å². The summed E-state index contributed by atoms with van der Waals surface area (Å²) in [5.74, 6) is -0.678. The van der Waals surface area contributed by atoms with Gasteiger partial charge >= 0.3 is 5.97 Å². The molecule has 4 rings (SSSR count). The lowest BCUT2D eigenvalue weighted by molar-refractivity contribution is 0.0475. The Bertz CT molecular complexity index is 1000. The van der Waals surface area contributed by atoms with Crippen LogP contribution in [-0.2, 0) is 11.2 Å². The number of hydrogen-bond acceptors (Lipinski definition) is 3. The Balaban J connectivity index is 1.48. The number of rotatable bonds is 4. The fourth-order valence-electron chi connectivity index (χ4n) is 3.28. The van der Waals surface area contributed by atoms with E-state index < -0.39 is 5.97 Å². The van der Waals surface area contributed by atoms with E-state index >= 15 is 0 Å². The van der Waals surface area contributed by atoms with Crippen LogP contribution in [-0.4, -0.2) is 18.4 Å². The van der Waals surface area contributed by atoms with E-state index in [9.17, 15) is 9.59 Å². The van der Waals surface area contributed by atoms with Crippen molar-refractivity contribution in [2.45, 2.75) is 13.3 Å². The van der Waals surface area contributed by atoms with Gasteiger partial charge in [0.25, 0.3) is 0 Å². The Morgan fingerprint density at radius 3 is 2.35 bits per heavy atom. The molecule has 0 radical (unpaired) electrons. The van der Waals surface area contributed by atoms with Gasteiger partial charge in [0.05, 0.1) is 5.56 Å². The van der Waals surface area contributed by atoms with E-state index in [1.54, 1.807) is 12.1 Å². The van der Waals surface area contributed by atoms with Crippen molar-refractivity contribution in [3.8, 4) is 11.1 Å². The van der Waals surface area contributed by atoms with Gasteiger partial charge in [0.1, 0.15) is 0 Å². The van der Waals surface area contributed by atoms with Crippen molar-refractivity contribution in [1.82, 2.24) is 0 Å². The third-order valence-electron chi connectivity index (χ3n) is 4.74. The van der Waals surface area contributed by atoms with E-state index in [2.05, 4.69) is 12.1 Å². The van der Waals surface area contributed by atoms with Crippen molar-refractivity contribution in [1.29, 1.82) is 0 Å². The zero-order chi connectivity index (χ0) is 18.1. The number of aryl methyl sites for hydroxylation is 1. The van der Waals surface area contributed by atoms with Gasteiger partial charge in [-0.25, -0.2) is 4.79 Å². The molecule has 0 bridgehead atoms. The Labute approximate surface area is 152 Å². The summed E-state index contributed by atoms with van der Waals surface area (Å²) in [7, 11) is 0. The molecule has 3 nitrogen and oxygen atoms in total. The number of benzene rings is 3. The Kier molecular flexibility index (Phi) is 4.13. The summed E-state index contributed by atoms with van der Waals surface area (Å²) < 4.78 is 5.18. The maximum atomic E-state index is 12.5. The Morgan fingerprint density at radius 1 is 0.846 bits per heavy atom. The Hall–Kier alpha value is -3.20. The highest BCUT2D eigenvalue weighted by molar-refractivity contribution is 6.00. The lowest BCUT2D eigenvalue weighted by Gasteiger charge is -2.07. The van der Waals surface area contributed by atoms with Gasteiger partial charge < -0.3 is 4.74 Å². The number of ketones is 1. The SMILES string of the molecule is Cc1ccc(C(=O)OCC(=O)c2ccc3c(c2)-c2ccccc2C3)cc1. The molecule has 0 saturated heterocycles. The minimum atomic E-state index is -0.482. The summed E-state index contributed by atoms with van der Waals surface area (Å²) in [5, 5.41) is 0. The lowest BCUT2D eigenvalue weighted by Crippen LogP contribution is -2.14. The molecule has 0 spiro atoms. The van der Waals surface area contributed by atoms with Gasteiger partial charge in [0.15, 0.2) is 12.4 Å². The standard InChI is InChI=1S/C23H18O3/c1-15-6-8-16(9-7-15)23(25)26-14-22(24)19-11-10-18-12-17-4-2-3-5-20(17)21(18)13-19/h2-11,13H,12,14H2,1H3. The number of carbonyl (C=O) groups excluding carboxylic acids is 2. The normalized spacial score (nSPS) is 11.6. The largest absolute Gasteiger partial charge is 0.454 e. The lowest BCUT2D eigenvalue weighted by atomic mass is 10.0. The quantitative estimate of drug-likeness (QED) is 0.402. The van der Waals surface area contributed by atoms with Crippen LogP contribution in [0.2, 0.25) is 0 Å². The van der Waals surface area contributed by atoms with E-state index in [1.807, 2.05) is 49.4 Å². The smallest absolute Gasteiger partial charge is 0.338 e. The molecule has 128 valence electrons. The topological polar surface area (TPSA) is 43.4 Å². The molecule has 3 aromatic carbocycles. The number of ether oxygens (including phenoxy) is 1. The molecule has 0 N–H and O–H groups in total. The molecular formula is C23H18O3. The zero-order valence-corrected chi connectivity index (χ0v) is 14.5. The molecule has 1 aliphatic rings. The molecule has 0 atom stereocenters. The molecule has 3 aromatic rings. The van der Waals surface area contributed by atoms with Crippen molar-refractivity contribution < 1.29 is 14.3 Å². The zero-order valence-electron chi connectivity index (χ0n) is 14.5. The summed E-state index contributed by atoms with van der Waals surface area (Å²) >= 11 is 0. The van der Waals surface area contributed by atoms with Crippen LogP contribution in [0.25, 0.3) is 11.1 Å². The van der Waals surface area contributed by atoms with Gasteiger partial charge in [0.2, 0.25) is 0 Å². The summed E-state index contributed by atoms with van der Waals surface area (Å²) in [5.41, 5.74) is 6.85. The first-order valence-electron chi connectivity index (χ1n) is 8.60. The first-order chi connectivity index (χ1) is 12.6. The second-order valence-corrected chi connectivity index (χ2v) is 6.57. The first-order valence-corrected chi connectivity index (χ1v) is 8.60. The minimum absolute atomic E-state index is 0.197. The molecule has 0 amide bonds. The van der Waals surface area contributed by atoms with Crippen molar-refractivity contribution >= 4 is 11.8 Å². The van der Waals surface area contributed by atoms with E-state index in [4.69, 9.17) is 4.74 Å².